The highest BCUT2D eigenvalue weighted by molar-refractivity contribution is 7.18. The van der Waals surface area contributed by atoms with E-state index in [2.05, 4.69) is 34.6 Å². The second-order valence-corrected chi connectivity index (χ2v) is 5.96. The van der Waals surface area contributed by atoms with Gasteiger partial charge in [-0.25, -0.2) is 9.78 Å². The number of aromatic amines is 1. The highest BCUT2D eigenvalue weighted by Gasteiger charge is 2.18. The Morgan fingerprint density at radius 2 is 2.14 bits per heavy atom. The van der Waals surface area contributed by atoms with Crippen LogP contribution in [0.4, 0.5) is 15.8 Å². The van der Waals surface area contributed by atoms with Gasteiger partial charge in [-0.3, -0.25) is 0 Å². The molecule has 2 aromatic rings. The number of rotatable bonds is 5. The van der Waals surface area contributed by atoms with Crippen LogP contribution < -0.4 is 15.6 Å². The van der Waals surface area contributed by atoms with Crippen LogP contribution in [0.1, 0.15) is 29.8 Å². The average Bonchev–Trinajstić information content (AvgIpc) is 2.85. The minimum Gasteiger partial charge on any atom is -0.383 e. The minimum atomic E-state index is -0.223. The zero-order valence-corrected chi connectivity index (χ0v) is 12.9. The Labute approximate surface area is 126 Å². The predicted octanol–water partition coefficient (Wildman–Crippen LogP) is 3.34. The molecule has 0 unspecified atom stereocenters. The summed E-state index contributed by atoms with van der Waals surface area (Å²) in [5.74, 6) is -0.223. The molecule has 0 radical (unpaired) electrons. The number of hydrogen-bond acceptors (Lipinski definition) is 5. The van der Waals surface area contributed by atoms with Gasteiger partial charge in [0, 0.05) is 11.7 Å². The Balaban J connectivity index is 2.13. The van der Waals surface area contributed by atoms with Crippen LogP contribution in [-0.4, -0.2) is 11.9 Å². The number of nitroso groups, excluding NO2 is 1. The van der Waals surface area contributed by atoms with E-state index in [0.717, 1.165) is 22.6 Å². The van der Waals surface area contributed by atoms with E-state index in [1.54, 1.807) is 6.07 Å². The van der Waals surface area contributed by atoms with Gasteiger partial charge in [0.05, 0.1) is 5.56 Å². The van der Waals surface area contributed by atoms with Gasteiger partial charge in [-0.2, -0.15) is 5.32 Å². The molecule has 1 aromatic heterocycles. The van der Waals surface area contributed by atoms with Crippen LogP contribution in [0.2, 0.25) is 0 Å². The molecule has 3 N–H and O–H groups in total. The van der Waals surface area contributed by atoms with Gasteiger partial charge in [0.15, 0.2) is 0 Å². The second kappa shape index (κ2) is 6.45. The second-order valence-electron chi connectivity index (χ2n) is 4.93. The van der Waals surface area contributed by atoms with Gasteiger partial charge in [-0.05, 0) is 61.0 Å². The number of thiazole rings is 1. The van der Waals surface area contributed by atoms with Crippen LogP contribution in [0.15, 0.2) is 29.6 Å². The first-order valence-corrected chi connectivity index (χ1v) is 7.34. The molecule has 0 spiro atoms. The molecule has 21 heavy (non-hydrogen) atoms. The van der Waals surface area contributed by atoms with E-state index in [1.165, 1.54) is 6.20 Å². The summed E-state index contributed by atoms with van der Waals surface area (Å²) in [4.78, 5) is 25.4. The van der Waals surface area contributed by atoms with E-state index in [1.807, 2.05) is 19.1 Å². The van der Waals surface area contributed by atoms with Gasteiger partial charge in [0.2, 0.25) is 5.00 Å². The maximum Gasteiger partial charge on any atom is 0.341 e. The van der Waals surface area contributed by atoms with Crippen molar-refractivity contribution in [1.29, 1.82) is 0 Å². The number of carbonyl (C=O) groups excluding carboxylic acids is 1. The summed E-state index contributed by atoms with van der Waals surface area (Å²) in [6, 6.07) is 5.92. The van der Waals surface area contributed by atoms with E-state index in [9.17, 15) is 9.70 Å². The normalized spacial score (nSPS) is 10.5. The molecule has 1 aromatic carbocycles. The van der Waals surface area contributed by atoms with Gasteiger partial charge >= 0.3 is 11.0 Å². The Kier molecular flexibility index (Phi) is 4.64. The van der Waals surface area contributed by atoms with Crippen LogP contribution in [0.3, 0.4) is 0 Å². The summed E-state index contributed by atoms with van der Waals surface area (Å²) in [6.07, 6.45) is 1.45. The zero-order chi connectivity index (χ0) is 15.4. The quantitative estimate of drug-likeness (QED) is 0.831. The van der Waals surface area contributed by atoms with Gasteiger partial charge in [0.25, 0.3) is 0 Å². The van der Waals surface area contributed by atoms with Crippen LogP contribution >= 0.6 is 11.3 Å². The molecular weight excluding hydrogens is 288 g/mol. The number of benzene rings is 1. The molecule has 0 fully saturated rings. The molecule has 1 heterocycles. The molecule has 0 saturated heterocycles. The third-order valence-corrected chi connectivity index (χ3v) is 3.60. The largest absolute Gasteiger partial charge is 0.383 e. The van der Waals surface area contributed by atoms with Crippen molar-refractivity contribution >= 4 is 33.1 Å². The van der Waals surface area contributed by atoms with Crippen molar-refractivity contribution in [2.24, 2.45) is 5.18 Å². The average molecular weight is 305 g/mol. The number of nitrogens with zero attached hydrogens (tertiary/aromatic N) is 1. The molecule has 0 aliphatic heterocycles. The lowest BCUT2D eigenvalue weighted by atomic mass is 10.1. The predicted molar refractivity (Wildman–Crippen MR) is 84.2 cm³/mol. The smallest absolute Gasteiger partial charge is 0.341 e. The summed E-state index contributed by atoms with van der Waals surface area (Å²) >= 11 is 1.09. The maximum absolute atomic E-state index is 12.2. The fourth-order valence-corrected chi connectivity index (χ4v) is 2.54. The summed E-state index contributed by atoms with van der Waals surface area (Å²) in [7, 11) is 0. The standard InChI is InChI=1S/C14H16N4O2S/c1-8(2)16-10-4-5-11(9(3)6-10)13(19)17-14-15-7-12(18-20)21-14/h4-8,16H,1-3H3,(H,15,17,19)/p+1. The zero-order valence-electron chi connectivity index (χ0n) is 12.1. The molecule has 0 saturated carbocycles. The summed E-state index contributed by atoms with van der Waals surface area (Å²) in [6.45, 7) is 6.00. The van der Waals surface area contributed by atoms with Crippen molar-refractivity contribution in [3.63, 3.8) is 0 Å². The van der Waals surface area contributed by atoms with Crippen LogP contribution in [0.25, 0.3) is 0 Å². The highest BCUT2D eigenvalue weighted by atomic mass is 32.1. The maximum atomic E-state index is 12.2. The third kappa shape index (κ3) is 3.85. The number of anilines is 2. The highest BCUT2D eigenvalue weighted by Crippen LogP contribution is 2.23. The molecule has 2 rings (SSSR count). The van der Waals surface area contributed by atoms with Gasteiger partial charge in [-0.1, -0.05) is 0 Å². The fourth-order valence-electron chi connectivity index (χ4n) is 1.91. The van der Waals surface area contributed by atoms with Crippen LogP contribution in [0.5, 0.6) is 0 Å². The SMILES string of the molecule is Cc1cc(NC(C)C)ccc1C(=O)Nc1[nH+]cc(N=O)s1. The monoisotopic (exact) mass is 305 g/mol. The molecule has 6 nitrogen and oxygen atoms in total. The van der Waals surface area contributed by atoms with Crippen LogP contribution in [0, 0.1) is 11.8 Å². The summed E-state index contributed by atoms with van der Waals surface area (Å²) < 4.78 is 0. The van der Waals surface area contributed by atoms with E-state index in [4.69, 9.17) is 0 Å². The van der Waals surface area contributed by atoms with Crippen molar-refractivity contribution < 1.29 is 9.78 Å². The van der Waals surface area contributed by atoms with Crippen molar-refractivity contribution in [3.05, 3.63) is 40.4 Å². The van der Waals surface area contributed by atoms with Gasteiger partial charge < -0.3 is 5.32 Å². The number of amides is 1. The lowest BCUT2D eigenvalue weighted by Gasteiger charge is -2.11. The molecule has 0 atom stereocenters. The molecule has 0 aliphatic rings. The minimum absolute atomic E-state index is 0.223. The Morgan fingerprint density at radius 1 is 1.38 bits per heavy atom. The first kappa shape index (κ1) is 15.1. The van der Waals surface area contributed by atoms with Crippen molar-refractivity contribution in [1.82, 2.24) is 0 Å². The van der Waals surface area contributed by atoms with E-state index >= 15 is 0 Å². The van der Waals surface area contributed by atoms with Crippen molar-refractivity contribution in [3.8, 4) is 0 Å². The Bertz CT molecular complexity index is 667. The molecule has 0 aliphatic carbocycles. The molecule has 1 amide bonds. The number of H-pyrrole nitrogens is 1. The summed E-state index contributed by atoms with van der Waals surface area (Å²) in [5, 5.41) is 9.59. The Hall–Kier alpha value is -2.28. The number of aryl methyl sites for hydroxylation is 1. The first-order valence-electron chi connectivity index (χ1n) is 6.53. The van der Waals surface area contributed by atoms with Crippen molar-refractivity contribution in [2.45, 2.75) is 26.8 Å². The molecule has 0 bridgehead atoms. The Morgan fingerprint density at radius 3 is 2.71 bits per heavy atom. The lowest BCUT2D eigenvalue weighted by molar-refractivity contribution is -0.353. The molecular formula is C14H17N4O2S+. The topological polar surface area (TPSA) is 84.7 Å². The third-order valence-electron chi connectivity index (χ3n) is 2.78. The number of nitrogens with one attached hydrogen (secondary N) is 3. The number of aromatic nitrogens is 1. The van der Waals surface area contributed by atoms with Crippen molar-refractivity contribution in [2.75, 3.05) is 10.6 Å². The fraction of sp³-hybridized carbons (Fsp3) is 0.286. The van der Waals surface area contributed by atoms with E-state index in [0.29, 0.717) is 21.7 Å². The summed E-state index contributed by atoms with van der Waals surface area (Å²) in [5.41, 5.74) is 2.45. The molecule has 7 heteroatoms. The molecule has 110 valence electrons. The first-order chi connectivity index (χ1) is 9.99. The number of carbonyl (C=O) groups is 1. The number of hydrogen-bond donors (Lipinski definition) is 2. The van der Waals surface area contributed by atoms with E-state index in [-0.39, 0.29) is 5.91 Å². The van der Waals surface area contributed by atoms with E-state index < -0.39 is 0 Å². The lowest BCUT2D eigenvalue weighted by Crippen LogP contribution is -2.17. The van der Waals surface area contributed by atoms with Crippen LogP contribution in [-0.2, 0) is 0 Å². The van der Waals surface area contributed by atoms with Gasteiger partial charge in [-0.15, -0.1) is 4.91 Å². The van der Waals surface area contributed by atoms with Gasteiger partial charge in [0.1, 0.15) is 6.20 Å².